The third-order valence-corrected chi connectivity index (χ3v) is 14.7. The minimum Gasteiger partial charge on any atom is -0.394 e. The molecule has 0 aliphatic carbocycles. The average molecular weight is 943 g/mol. The second-order valence-electron chi connectivity index (χ2n) is 21.5. The van der Waals surface area contributed by atoms with Crippen molar-refractivity contribution in [3.8, 4) is 0 Å². The second-order valence-corrected chi connectivity index (χ2v) is 21.5. The Bertz CT molecular complexity index is 978. The standard InChI is InChI=1S/C63H123NO3/c1-3-5-7-9-11-13-15-17-19-21-23-25-27-29-31-32-33-35-37-39-41-43-45-47-49-51-53-55-57-59-63(67)64-61(60-65)62(66)58-56-54-52-50-48-46-44-42-40-38-36-34-30-28-26-24-22-20-18-16-14-12-10-8-6-4-2/h15,17,21,23,61-62,65-66H,3-14,16,18-20,22,24-60H2,1-2H3,(H,64,67)/b17-15-,23-21-. The van der Waals surface area contributed by atoms with Gasteiger partial charge in [-0.05, 0) is 44.9 Å². The summed E-state index contributed by atoms with van der Waals surface area (Å²) < 4.78 is 0. The van der Waals surface area contributed by atoms with Crippen LogP contribution in [-0.4, -0.2) is 34.9 Å². The number of hydrogen-bond donors (Lipinski definition) is 3. The van der Waals surface area contributed by atoms with E-state index in [4.69, 9.17) is 0 Å². The SMILES string of the molecule is CCCCCCC/C=C\C/C=C\CCCCCCCCCCCCCCCCCCCC(=O)NC(CO)C(O)CCCCCCCCCCCCCCCCCCCCCCCCCCCC. The maximum Gasteiger partial charge on any atom is 0.220 e. The summed E-state index contributed by atoms with van der Waals surface area (Å²) in [7, 11) is 0. The Morgan fingerprint density at radius 1 is 0.358 bits per heavy atom. The molecule has 398 valence electrons. The Balaban J connectivity index is 3.41. The third kappa shape index (κ3) is 55.7. The summed E-state index contributed by atoms with van der Waals surface area (Å²) in [5, 5.41) is 23.4. The van der Waals surface area contributed by atoms with Crippen molar-refractivity contribution >= 4 is 5.91 Å². The predicted octanol–water partition coefficient (Wildman–Crippen LogP) is 20.7. The summed E-state index contributed by atoms with van der Waals surface area (Å²) in [5.41, 5.74) is 0. The number of carbonyl (C=O) groups excluding carboxylic acids is 1. The highest BCUT2D eigenvalue weighted by atomic mass is 16.3. The predicted molar refractivity (Wildman–Crippen MR) is 299 cm³/mol. The third-order valence-electron chi connectivity index (χ3n) is 14.7. The van der Waals surface area contributed by atoms with Crippen molar-refractivity contribution in [2.45, 2.75) is 366 Å². The maximum atomic E-state index is 12.5. The van der Waals surface area contributed by atoms with E-state index in [1.165, 1.54) is 295 Å². The lowest BCUT2D eigenvalue weighted by atomic mass is 10.0. The van der Waals surface area contributed by atoms with Crippen molar-refractivity contribution in [2.75, 3.05) is 6.61 Å². The highest BCUT2D eigenvalue weighted by molar-refractivity contribution is 5.76. The fourth-order valence-corrected chi connectivity index (χ4v) is 9.98. The number of aliphatic hydroxyl groups is 2. The molecule has 4 nitrogen and oxygen atoms in total. The van der Waals surface area contributed by atoms with Gasteiger partial charge >= 0.3 is 0 Å². The summed E-state index contributed by atoms with van der Waals surface area (Å²) in [6, 6.07) is -0.535. The molecule has 0 fully saturated rings. The number of allylic oxidation sites excluding steroid dienone is 4. The van der Waals surface area contributed by atoms with Crippen molar-refractivity contribution in [1.29, 1.82) is 0 Å². The van der Waals surface area contributed by atoms with Gasteiger partial charge in [-0.3, -0.25) is 4.79 Å². The summed E-state index contributed by atoms with van der Waals surface area (Å²) in [6.45, 7) is 4.39. The van der Waals surface area contributed by atoms with E-state index in [0.717, 1.165) is 32.1 Å². The van der Waals surface area contributed by atoms with E-state index in [2.05, 4.69) is 43.5 Å². The van der Waals surface area contributed by atoms with E-state index < -0.39 is 12.1 Å². The van der Waals surface area contributed by atoms with Crippen LogP contribution in [-0.2, 0) is 4.79 Å². The van der Waals surface area contributed by atoms with Crippen LogP contribution in [0.5, 0.6) is 0 Å². The van der Waals surface area contributed by atoms with Gasteiger partial charge in [-0.1, -0.05) is 327 Å². The zero-order chi connectivity index (χ0) is 48.5. The first kappa shape index (κ1) is 65.9. The van der Waals surface area contributed by atoms with E-state index in [1.807, 2.05) is 0 Å². The van der Waals surface area contributed by atoms with Gasteiger partial charge in [-0.2, -0.15) is 0 Å². The van der Waals surface area contributed by atoms with Crippen LogP contribution < -0.4 is 5.32 Å². The summed E-state index contributed by atoms with van der Waals surface area (Å²) in [6.07, 6.45) is 79.1. The van der Waals surface area contributed by atoms with E-state index >= 15 is 0 Å². The lowest BCUT2D eigenvalue weighted by Gasteiger charge is -2.22. The number of rotatable bonds is 58. The number of hydrogen-bond acceptors (Lipinski definition) is 3. The second kappa shape index (κ2) is 59.2. The van der Waals surface area contributed by atoms with E-state index in [9.17, 15) is 15.0 Å². The smallest absolute Gasteiger partial charge is 0.220 e. The lowest BCUT2D eigenvalue weighted by Crippen LogP contribution is -2.45. The highest BCUT2D eigenvalue weighted by Gasteiger charge is 2.20. The topological polar surface area (TPSA) is 69.6 Å². The maximum absolute atomic E-state index is 12.5. The van der Waals surface area contributed by atoms with Crippen molar-refractivity contribution in [1.82, 2.24) is 5.32 Å². The van der Waals surface area contributed by atoms with Gasteiger partial charge in [0, 0.05) is 6.42 Å². The number of carbonyl (C=O) groups is 1. The van der Waals surface area contributed by atoms with Gasteiger partial charge in [0.05, 0.1) is 18.8 Å². The molecule has 0 saturated heterocycles. The zero-order valence-corrected chi connectivity index (χ0v) is 46.0. The largest absolute Gasteiger partial charge is 0.394 e. The van der Waals surface area contributed by atoms with Crippen LogP contribution in [0.1, 0.15) is 354 Å². The number of nitrogens with one attached hydrogen (secondary N) is 1. The molecule has 0 radical (unpaired) electrons. The Labute approximate surface area is 421 Å². The lowest BCUT2D eigenvalue weighted by molar-refractivity contribution is -0.123. The van der Waals surface area contributed by atoms with Crippen molar-refractivity contribution in [3.05, 3.63) is 24.3 Å². The van der Waals surface area contributed by atoms with E-state index in [0.29, 0.717) is 12.8 Å². The molecule has 3 N–H and O–H groups in total. The quantitative estimate of drug-likeness (QED) is 0.0420. The molecule has 0 saturated carbocycles. The van der Waals surface area contributed by atoms with Crippen LogP contribution in [0.2, 0.25) is 0 Å². The van der Waals surface area contributed by atoms with Gasteiger partial charge < -0.3 is 15.5 Å². The molecule has 0 spiro atoms. The highest BCUT2D eigenvalue weighted by Crippen LogP contribution is 2.18. The van der Waals surface area contributed by atoms with Gasteiger partial charge in [0.2, 0.25) is 5.91 Å². The number of aliphatic hydroxyl groups excluding tert-OH is 2. The van der Waals surface area contributed by atoms with Crippen LogP contribution in [0.15, 0.2) is 24.3 Å². The minimum atomic E-state index is -0.659. The molecule has 0 heterocycles. The summed E-state index contributed by atoms with van der Waals surface area (Å²) in [5.74, 6) is -0.0241. The summed E-state index contributed by atoms with van der Waals surface area (Å²) >= 11 is 0. The number of unbranched alkanes of at least 4 members (excludes halogenated alkanes) is 47. The minimum absolute atomic E-state index is 0.0241. The van der Waals surface area contributed by atoms with E-state index in [-0.39, 0.29) is 12.5 Å². The van der Waals surface area contributed by atoms with Crippen LogP contribution >= 0.6 is 0 Å². The van der Waals surface area contributed by atoms with Crippen molar-refractivity contribution in [2.24, 2.45) is 0 Å². The van der Waals surface area contributed by atoms with E-state index in [1.54, 1.807) is 0 Å². The fourth-order valence-electron chi connectivity index (χ4n) is 9.98. The molecule has 1 amide bonds. The molecule has 2 atom stereocenters. The molecule has 0 aromatic heterocycles. The molecule has 0 aromatic rings. The van der Waals surface area contributed by atoms with Crippen molar-refractivity contribution < 1.29 is 15.0 Å². The summed E-state index contributed by atoms with van der Waals surface area (Å²) in [4.78, 5) is 12.5. The Kier molecular flexibility index (Phi) is 58.2. The normalized spacial score (nSPS) is 12.8. The average Bonchev–Trinajstić information content (AvgIpc) is 3.33. The first-order chi connectivity index (χ1) is 33.2. The molecular formula is C63H123NO3. The van der Waals surface area contributed by atoms with Gasteiger partial charge in [-0.15, -0.1) is 0 Å². The molecular weight excluding hydrogens is 819 g/mol. The monoisotopic (exact) mass is 942 g/mol. The molecule has 0 aromatic carbocycles. The van der Waals surface area contributed by atoms with Crippen molar-refractivity contribution in [3.63, 3.8) is 0 Å². The Hall–Kier alpha value is -1.13. The molecule has 0 bridgehead atoms. The van der Waals surface area contributed by atoms with Crippen LogP contribution in [0.4, 0.5) is 0 Å². The fraction of sp³-hybridized carbons (Fsp3) is 0.921. The molecule has 0 rings (SSSR count). The molecule has 0 aliphatic rings. The van der Waals surface area contributed by atoms with Crippen LogP contribution in [0.3, 0.4) is 0 Å². The molecule has 0 aliphatic heterocycles. The molecule has 2 unspecified atom stereocenters. The van der Waals surface area contributed by atoms with Gasteiger partial charge in [0.25, 0.3) is 0 Å². The Morgan fingerprint density at radius 2 is 0.612 bits per heavy atom. The first-order valence-corrected chi connectivity index (χ1v) is 31.0. The van der Waals surface area contributed by atoms with Gasteiger partial charge in [-0.25, -0.2) is 0 Å². The van der Waals surface area contributed by atoms with Gasteiger partial charge in [0.1, 0.15) is 0 Å². The molecule has 67 heavy (non-hydrogen) atoms. The van der Waals surface area contributed by atoms with Crippen LogP contribution in [0, 0.1) is 0 Å². The number of amides is 1. The zero-order valence-electron chi connectivity index (χ0n) is 46.0. The Morgan fingerprint density at radius 3 is 0.896 bits per heavy atom. The van der Waals surface area contributed by atoms with Gasteiger partial charge in [0.15, 0.2) is 0 Å². The first-order valence-electron chi connectivity index (χ1n) is 31.0. The van der Waals surface area contributed by atoms with Crippen LogP contribution in [0.25, 0.3) is 0 Å². The molecule has 4 heteroatoms.